The first-order chi connectivity index (χ1) is 12.4. The number of hydrogen-bond donors (Lipinski definition) is 1. The summed E-state index contributed by atoms with van der Waals surface area (Å²) in [7, 11) is 0. The van der Waals surface area contributed by atoms with Crippen molar-refractivity contribution in [2.24, 2.45) is 0 Å². The SMILES string of the molecule is O=C(NCc1ccnc(N2CCCC2)c1)c1ccccc1SC(F)(F)F. The molecule has 2 aromatic rings. The van der Waals surface area contributed by atoms with Crippen LogP contribution in [0.5, 0.6) is 0 Å². The number of halogens is 3. The summed E-state index contributed by atoms with van der Waals surface area (Å²) < 4.78 is 37.9. The van der Waals surface area contributed by atoms with E-state index in [1.54, 1.807) is 18.3 Å². The minimum absolute atomic E-state index is 0.0173. The molecule has 1 aromatic heterocycles. The lowest BCUT2D eigenvalue weighted by atomic mass is 10.2. The summed E-state index contributed by atoms with van der Waals surface area (Å²) in [5.74, 6) is 0.333. The van der Waals surface area contributed by atoms with Gasteiger partial charge in [0.15, 0.2) is 0 Å². The Morgan fingerprint density at radius 2 is 1.92 bits per heavy atom. The summed E-state index contributed by atoms with van der Waals surface area (Å²) in [4.78, 5) is 18.8. The molecule has 3 rings (SSSR count). The Morgan fingerprint density at radius 1 is 1.19 bits per heavy atom. The maximum absolute atomic E-state index is 12.6. The van der Waals surface area contributed by atoms with Crippen molar-refractivity contribution < 1.29 is 18.0 Å². The van der Waals surface area contributed by atoms with Crippen molar-refractivity contribution >= 4 is 23.5 Å². The number of alkyl halides is 3. The molecule has 8 heteroatoms. The molecular weight excluding hydrogens is 363 g/mol. The monoisotopic (exact) mass is 381 g/mol. The molecule has 1 aliphatic rings. The fourth-order valence-corrected chi connectivity index (χ4v) is 3.50. The summed E-state index contributed by atoms with van der Waals surface area (Å²) in [5.41, 5.74) is -3.56. The van der Waals surface area contributed by atoms with Gasteiger partial charge in [0.1, 0.15) is 5.82 Å². The van der Waals surface area contributed by atoms with Crippen LogP contribution in [0.4, 0.5) is 19.0 Å². The Labute approximate surface area is 153 Å². The molecule has 138 valence electrons. The van der Waals surface area contributed by atoms with E-state index in [0.29, 0.717) is 0 Å². The molecule has 0 atom stereocenters. The average Bonchev–Trinajstić information content (AvgIpc) is 3.14. The highest BCUT2D eigenvalue weighted by Crippen LogP contribution is 2.38. The maximum Gasteiger partial charge on any atom is 0.446 e. The molecule has 1 aliphatic heterocycles. The molecule has 0 bridgehead atoms. The normalized spacial score (nSPS) is 14.5. The van der Waals surface area contributed by atoms with Crippen LogP contribution >= 0.6 is 11.8 Å². The van der Waals surface area contributed by atoms with Gasteiger partial charge in [-0.3, -0.25) is 4.79 Å². The molecule has 0 aliphatic carbocycles. The first-order valence-electron chi connectivity index (χ1n) is 8.25. The highest BCUT2D eigenvalue weighted by molar-refractivity contribution is 8.00. The number of anilines is 1. The molecule has 26 heavy (non-hydrogen) atoms. The largest absolute Gasteiger partial charge is 0.446 e. The van der Waals surface area contributed by atoms with Gasteiger partial charge in [0.2, 0.25) is 0 Å². The predicted molar refractivity (Wildman–Crippen MR) is 95.2 cm³/mol. The number of carbonyl (C=O) groups excluding carboxylic acids is 1. The van der Waals surface area contributed by atoms with E-state index in [1.165, 1.54) is 18.2 Å². The Hall–Kier alpha value is -2.22. The van der Waals surface area contributed by atoms with Crippen LogP contribution in [0.1, 0.15) is 28.8 Å². The van der Waals surface area contributed by atoms with Crippen molar-refractivity contribution in [2.45, 2.75) is 29.8 Å². The van der Waals surface area contributed by atoms with E-state index in [4.69, 9.17) is 0 Å². The minimum atomic E-state index is -4.44. The number of thioether (sulfide) groups is 1. The Morgan fingerprint density at radius 3 is 2.65 bits per heavy atom. The van der Waals surface area contributed by atoms with Crippen LogP contribution in [0.2, 0.25) is 0 Å². The molecule has 1 N–H and O–H groups in total. The highest BCUT2D eigenvalue weighted by Gasteiger charge is 2.31. The van der Waals surface area contributed by atoms with Crippen molar-refractivity contribution in [1.82, 2.24) is 10.3 Å². The zero-order valence-corrected chi connectivity index (χ0v) is 14.7. The summed E-state index contributed by atoms with van der Waals surface area (Å²) >= 11 is -0.281. The van der Waals surface area contributed by atoms with E-state index in [2.05, 4.69) is 15.2 Å². The molecule has 0 spiro atoms. The number of carbonyl (C=O) groups is 1. The van der Waals surface area contributed by atoms with Crippen molar-refractivity contribution in [3.05, 3.63) is 53.7 Å². The van der Waals surface area contributed by atoms with Crippen LogP contribution in [-0.4, -0.2) is 29.5 Å². The topological polar surface area (TPSA) is 45.2 Å². The van der Waals surface area contributed by atoms with E-state index in [1.807, 2.05) is 6.07 Å². The Bertz CT molecular complexity index is 776. The molecule has 1 amide bonds. The van der Waals surface area contributed by atoms with Gasteiger partial charge in [-0.1, -0.05) is 12.1 Å². The first-order valence-corrected chi connectivity index (χ1v) is 9.07. The van der Waals surface area contributed by atoms with Gasteiger partial charge in [0, 0.05) is 30.7 Å². The lowest BCUT2D eigenvalue weighted by molar-refractivity contribution is -0.0328. The number of benzene rings is 1. The van der Waals surface area contributed by atoms with Gasteiger partial charge in [-0.05, 0) is 54.4 Å². The lowest BCUT2D eigenvalue weighted by Gasteiger charge is -2.17. The van der Waals surface area contributed by atoms with Gasteiger partial charge >= 0.3 is 5.51 Å². The van der Waals surface area contributed by atoms with Crippen molar-refractivity contribution in [1.29, 1.82) is 0 Å². The molecule has 1 aromatic carbocycles. The van der Waals surface area contributed by atoms with E-state index in [0.717, 1.165) is 37.3 Å². The third-order valence-electron chi connectivity index (χ3n) is 4.05. The second-order valence-electron chi connectivity index (χ2n) is 5.94. The Balaban J connectivity index is 1.67. The number of rotatable bonds is 5. The molecule has 1 saturated heterocycles. The molecule has 0 radical (unpaired) electrons. The van der Waals surface area contributed by atoms with Gasteiger partial charge < -0.3 is 10.2 Å². The number of aromatic nitrogens is 1. The van der Waals surface area contributed by atoms with E-state index in [-0.39, 0.29) is 28.8 Å². The molecule has 1 fully saturated rings. The molecular formula is C18H18F3N3OS. The van der Waals surface area contributed by atoms with Crippen LogP contribution in [0.15, 0.2) is 47.5 Å². The zero-order chi connectivity index (χ0) is 18.6. The van der Waals surface area contributed by atoms with Gasteiger partial charge in [-0.25, -0.2) is 4.98 Å². The number of hydrogen-bond acceptors (Lipinski definition) is 4. The molecule has 0 unspecified atom stereocenters. The first kappa shape index (κ1) is 18.6. The van der Waals surface area contributed by atoms with Crippen LogP contribution in [-0.2, 0) is 6.54 Å². The quantitative estimate of drug-likeness (QED) is 0.788. The van der Waals surface area contributed by atoms with E-state index < -0.39 is 11.4 Å². The fraction of sp³-hybridized carbons (Fsp3) is 0.333. The van der Waals surface area contributed by atoms with Crippen LogP contribution < -0.4 is 10.2 Å². The summed E-state index contributed by atoms with van der Waals surface area (Å²) in [6, 6.07) is 9.41. The molecule has 0 saturated carbocycles. The van der Waals surface area contributed by atoms with Gasteiger partial charge in [-0.2, -0.15) is 13.2 Å². The smallest absolute Gasteiger partial charge is 0.357 e. The third kappa shape index (κ3) is 4.91. The van der Waals surface area contributed by atoms with Gasteiger partial charge in [0.05, 0.1) is 5.56 Å². The number of nitrogens with zero attached hydrogens (tertiary/aromatic N) is 2. The average molecular weight is 381 g/mol. The van der Waals surface area contributed by atoms with E-state index in [9.17, 15) is 18.0 Å². The second-order valence-corrected chi connectivity index (χ2v) is 7.05. The number of amides is 1. The van der Waals surface area contributed by atoms with Crippen molar-refractivity contribution in [3.8, 4) is 0 Å². The highest BCUT2D eigenvalue weighted by atomic mass is 32.2. The second kappa shape index (κ2) is 7.99. The van der Waals surface area contributed by atoms with Gasteiger partial charge in [0.25, 0.3) is 5.91 Å². The summed E-state index contributed by atoms with van der Waals surface area (Å²) in [6.45, 7) is 2.16. The fourth-order valence-electron chi connectivity index (χ4n) is 2.84. The van der Waals surface area contributed by atoms with Crippen LogP contribution in [0.25, 0.3) is 0 Å². The molecule has 2 heterocycles. The predicted octanol–water partition coefficient (Wildman–Crippen LogP) is 4.22. The summed E-state index contributed by atoms with van der Waals surface area (Å²) in [5, 5.41) is 2.69. The molecule has 4 nitrogen and oxygen atoms in total. The van der Waals surface area contributed by atoms with Crippen molar-refractivity contribution in [2.75, 3.05) is 18.0 Å². The standard InChI is InChI=1S/C18H18F3N3OS/c19-18(20,21)26-15-6-2-1-5-14(15)17(25)23-12-13-7-8-22-16(11-13)24-9-3-4-10-24/h1-2,5-8,11H,3-4,9-10,12H2,(H,23,25). The van der Waals surface area contributed by atoms with Crippen LogP contribution in [0.3, 0.4) is 0 Å². The summed E-state index contributed by atoms with van der Waals surface area (Å²) in [6.07, 6.45) is 3.95. The number of nitrogens with one attached hydrogen (secondary N) is 1. The van der Waals surface area contributed by atoms with E-state index >= 15 is 0 Å². The zero-order valence-electron chi connectivity index (χ0n) is 13.9. The maximum atomic E-state index is 12.6. The number of pyridine rings is 1. The van der Waals surface area contributed by atoms with Crippen LogP contribution in [0, 0.1) is 0 Å². The Kier molecular flexibility index (Phi) is 5.70. The third-order valence-corrected chi connectivity index (χ3v) is 4.86. The lowest BCUT2D eigenvalue weighted by Crippen LogP contribution is -2.24. The minimum Gasteiger partial charge on any atom is -0.357 e. The van der Waals surface area contributed by atoms with Gasteiger partial charge in [-0.15, -0.1) is 0 Å². The van der Waals surface area contributed by atoms with Crippen molar-refractivity contribution in [3.63, 3.8) is 0 Å².